The largest absolute Gasteiger partial charge is 0.330 e. The summed E-state index contributed by atoms with van der Waals surface area (Å²) in [6.45, 7) is 5.45. The molecule has 1 unspecified atom stereocenters. The minimum atomic E-state index is -2.90. The van der Waals surface area contributed by atoms with Crippen LogP contribution < -0.4 is 5.32 Å². The number of hydrogen-bond acceptors (Lipinski definition) is 7. The van der Waals surface area contributed by atoms with Crippen LogP contribution in [0.2, 0.25) is 0 Å². The lowest BCUT2D eigenvalue weighted by molar-refractivity contribution is 0.165. The smallest absolute Gasteiger partial charge is 0.209 e. The summed E-state index contributed by atoms with van der Waals surface area (Å²) in [5.41, 5.74) is 2.27. The number of rotatable bonds is 7. The first-order valence-corrected chi connectivity index (χ1v) is 11.8. The fourth-order valence-electron chi connectivity index (χ4n) is 3.10. The van der Waals surface area contributed by atoms with Crippen molar-refractivity contribution in [3.05, 3.63) is 33.8 Å². The molecule has 0 aliphatic carbocycles. The second-order valence-corrected chi connectivity index (χ2v) is 10.3. The molecule has 1 N–H and O–H groups in total. The molecule has 1 aromatic heterocycles. The third kappa shape index (κ3) is 4.70. The summed E-state index contributed by atoms with van der Waals surface area (Å²) in [4.78, 5) is 2.14. The molecular formula is C17H24N4O2S3. The van der Waals surface area contributed by atoms with Crippen LogP contribution in [-0.2, 0) is 22.9 Å². The maximum absolute atomic E-state index is 11.8. The molecule has 0 saturated carbocycles. The first-order valence-electron chi connectivity index (χ1n) is 8.78. The third-order valence-corrected chi connectivity index (χ3v) is 7.64. The summed E-state index contributed by atoms with van der Waals surface area (Å²) in [6, 6.07) is 8.31. The van der Waals surface area contributed by atoms with Crippen LogP contribution in [0.3, 0.4) is 0 Å². The highest BCUT2D eigenvalue weighted by Crippen LogP contribution is 2.23. The van der Waals surface area contributed by atoms with E-state index in [0.717, 1.165) is 23.8 Å². The summed E-state index contributed by atoms with van der Waals surface area (Å²) in [5, 5.41) is 8.61. The summed E-state index contributed by atoms with van der Waals surface area (Å²) >= 11 is 6.87. The monoisotopic (exact) mass is 412 g/mol. The van der Waals surface area contributed by atoms with E-state index < -0.39 is 9.84 Å². The molecule has 142 valence electrons. The number of sulfone groups is 1. The molecule has 2 heterocycles. The lowest BCUT2D eigenvalue weighted by Crippen LogP contribution is -2.37. The lowest BCUT2D eigenvalue weighted by atomic mass is 10.1. The van der Waals surface area contributed by atoms with Crippen LogP contribution in [0.5, 0.6) is 0 Å². The van der Waals surface area contributed by atoms with Gasteiger partial charge in [0, 0.05) is 11.7 Å². The minimum absolute atomic E-state index is 0.0478. The third-order valence-electron chi connectivity index (χ3n) is 4.67. The van der Waals surface area contributed by atoms with Crippen LogP contribution in [-0.4, -0.2) is 47.2 Å². The molecule has 6 nitrogen and oxygen atoms in total. The number of benzene rings is 1. The van der Waals surface area contributed by atoms with Gasteiger partial charge in [0.2, 0.25) is 5.13 Å². The van der Waals surface area contributed by atoms with Crippen molar-refractivity contribution in [3.8, 4) is 0 Å². The van der Waals surface area contributed by atoms with Gasteiger partial charge in [0.25, 0.3) is 0 Å². The number of anilines is 2. The highest BCUT2D eigenvalue weighted by atomic mass is 32.2. The Morgan fingerprint density at radius 1 is 1.35 bits per heavy atom. The van der Waals surface area contributed by atoms with Crippen LogP contribution in [0.4, 0.5) is 10.8 Å². The van der Waals surface area contributed by atoms with Crippen LogP contribution in [0, 0.1) is 3.95 Å². The summed E-state index contributed by atoms with van der Waals surface area (Å²) in [7, 11) is -2.90. The van der Waals surface area contributed by atoms with Crippen LogP contribution in [0.1, 0.15) is 25.8 Å². The molecule has 1 atom stereocenters. The highest BCUT2D eigenvalue weighted by molar-refractivity contribution is 7.91. The van der Waals surface area contributed by atoms with E-state index in [1.54, 1.807) is 4.68 Å². The Labute approximate surface area is 163 Å². The predicted molar refractivity (Wildman–Crippen MR) is 109 cm³/mol. The number of nitrogens with one attached hydrogen (secondary N) is 1. The summed E-state index contributed by atoms with van der Waals surface area (Å²) in [5.74, 6) is 0.504. The fraction of sp³-hybridized carbons (Fsp3) is 0.529. The number of aromatic nitrogens is 2. The molecule has 9 heteroatoms. The van der Waals surface area contributed by atoms with Gasteiger partial charge in [-0.1, -0.05) is 37.3 Å². The van der Waals surface area contributed by atoms with Gasteiger partial charge in [-0.2, -0.15) is 0 Å². The van der Waals surface area contributed by atoms with Crippen LogP contribution in [0.15, 0.2) is 24.3 Å². The quantitative estimate of drug-likeness (QED) is 0.703. The zero-order valence-electron chi connectivity index (χ0n) is 15.0. The average Bonchev–Trinajstić information content (AvgIpc) is 3.15. The van der Waals surface area contributed by atoms with Gasteiger partial charge in [-0.3, -0.25) is 4.90 Å². The lowest BCUT2D eigenvalue weighted by Gasteiger charge is -2.25. The molecule has 0 bridgehead atoms. The van der Waals surface area contributed by atoms with Crippen molar-refractivity contribution in [1.29, 1.82) is 0 Å². The molecule has 26 heavy (non-hydrogen) atoms. The molecule has 3 rings (SSSR count). The van der Waals surface area contributed by atoms with Crippen molar-refractivity contribution >= 4 is 44.2 Å². The van der Waals surface area contributed by atoms with Gasteiger partial charge in [0.05, 0.1) is 18.2 Å². The van der Waals surface area contributed by atoms with Crippen molar-refractivity contribution < 1.29 is 8.42 Å². The molecule has 2 aromatic rings. The van der Waals surface area contributed by atoms with E-state index in [9.17, 15) is 8.42 Å². The normalized spacial score (nSPS) is 19.1. The van der Waals surface area contributed by atoms with Crippen molar-refractivity contribution in [1.82, 2.24) is 14.7 Å². The van der Waals surface area contributed by atoms with Gasteiger partial charge in [0.15, 0.2) is 13.8 Å². The van der Waals surface area contributed by atoms with Gasteiger partial charge in [-0.25, -0.2) is 13.1 Å². The zero-order chi connectivity index (χ0) is 18.7. The average molecular weight is 413 g/mol. The molecule has 0 amide bonds. The Balaban J connectivity index is 1.69. The number of hydrogen-bond donors (Lipinski definition) is 1. The van der Waals surface area contributed by atoms with Gasteiger partial charge < -0.3 is 5.32 Å². The predicted octanol–water partition coefficient (Wildman–Crippen LogP) is 3.45. The minimum Gasteiger partial charge on any atom is -0.330 e. The zero-order valence-corrected chi connectivity index (χ0v) is 17.5. The van der Waals surface area contributed by atoms with E-state index in [0.29, 0.717) is 17.0 Å². The van der Waals surface area contributed by atoms with E-state index in [2.05, 4.69) is 34.4 Å². The first-order chi connectivity index (χ1) is 12.4. The molecule has 1 saturated heterocycles. The molecule has 0 radical (unpaired) electrons. The van der Waals surface area contributed by atoms with E-state index in [1.165, 1.54) is 16.9 Å². The van der Waals surface area contributed by atoms with Crippen molar-refractivity contribution in [2.75, 3.05) is 23.4 Å². The van der Waals surface area contributed by atoms with E-state index in [4.69, 9.17) is 12.2 Å². The molecule has 0 spiro atoms. The van der Waals surface area contributed by atoms with Crippen LogP contribution in [0.25, 0.3) is 0 Å². The van der Waals surface area contributed by atoms with Crippen molar-refractivity contribution in [2.45, 2.75) is 39.4 Å². The van der Waals surface area contributed by atoms with Gasteiger partial charge in [0.1, 0.15) is 0 Å². The summed E-state index contributed by atoms with van der Waals surface area (Å²) < 4.78 is 26.0. The second-order valence-electron chi connectivity index (χ2n) is 6.45. The topological polar surface area (TPSA) is 67.2 Å². The number of aryl methyl sites for hydroxylation is 1. The van der Waals surface area contributed by atoms with Crippen LogP contribution >= 0.6 is 23.6 Å². The molecule has 1 fully saturated rings. The van der Waals surface area contributed by atoms with Gasteiger partial charge in [-0.05, 0) is 49.3 Å². The van der Waals surface area contributed by atoms with Gasteiger partial charge >= 0.3 is 0 Å². The Kier molecular flexibility index (Phi) is 6.11. The van der Waals surface area contributed by atoms with Gasteiger partial charge in [-0.15, -0.1) is 5.10 Å². The maximum atomic E-state index is 11.8. The maximum Gasteiger partial charge on any atom is 0.209 e. The Hall–Kier alpha value is -1.29. The van der Waals surface area contributed by atoms with Crippen molar-refractivity contribution in [3.63, 3.8) is 0 Å². The Morgan fingerprint density at radius 2 is 2.08 bits per heavy atom. The van der Waals surface area contributed by atoms with Crippen molar-refractivity contribution in [2.24, 2.45) is 0 Å². The Bertz CT molecular complexity index is 903. The Morgan fingerprint density at radius 3 is 2.65 bits per heavy atom. The molecule has 1 aromatic carbocycles. The molecular weight excluding hydrogens is 388 g/mol. The fourth-order valence-corrected chi connectivity index (χ4v) is 5.88. The van der Waals surface area contributed by atoms with E-state index in [-0.39, 0.29) is 17.5 Å². The first kappa shape index (κ1) is 19.5. The van der Waals surface area contributed by atoms with E-state index >= 15 is 0 Å². The second kappa shape index (κ2) is 8.16. The summed E-state index contributed by atoms with van der Waals surface area (Å²) in [6.07, 6.45) is 1.69. The highest BCUT2D eigenvalue weighted by Gasteiger charge is 2.31. The SMILES string of the molecule is CCc1ccc(Nc2nn(CN(CC)C3CCS(=O)(=O)C3)c(=S)s2)cc1. The molecule has 1 aliphatic heterocycles. The van der Waals surface area contributed by atoms with E-state index in [1.807, 2.05) is 19.1 Å². The molecule has 1 aliphatic rings. The number of nitrogens with zero attached hydrogens (tertiary/aromatic N) is 3. The standard InChI is InChI=1S/C17H24N4O2S3/c1-3-13-5-7-14(8-6-13)18-16-19-21(17(24)25-16)12-20(4-2)15-9-10-26(22,23)11-15/h5-8,15H,3-4,9-12H2,1-2H3,(H,18,19).